The Morgan fingerprint density at radius 2 is 1.42 bits per heavy atom. The van der Waals surface area contributed by atoms with Gasteiger partial charge in [0.2, 0.25) is 0 Å². The molecule has 2 aromatic rings. The van der Waals surface area contributed by atoms with Crippen LogP contribution in [0.5, 0.6) is 0 Å². The van der Waals surface area contributed by atoms with Crippen molar-refractivity contribution in [1.29, 1.82) is 0 Å². The molecule has 0 aliphatic heterocycles. The molecule has 3 rings (SSSR count). The van der Waals surface area contributed by atoms with E-state index >= 15 is 0 Å². The summed E-state index contributed by atoms with van der Waals surface area (Å²) in [4.78, 5) is 28.8. The molecule has 1 atom stereocenters. The molecule has 0 saturated heterocycles. The number of hydrogen-bond donors (Lipinski definition) is 0. The summed E-state index contributed by atoms with van der Waals surface area (Å²) < 4.78 is 17.0. The van der Waals surface area contributed by atoms with Gasteiger partial charge in [-0.1, -0.05) is 58.0 Å². The predicted octanol–water partition coefficient (Wildman–Crippen LogP) is 6.47. The number of rotatable bonds is 7. The minimum atomic E-state index is -0.331. The molecule has 0 N–H and O–H groups in total. The van der Waals surface area contributed by atoms with Gasteiger partial charge in [0.15, 0.2) is 11.6 Å². The highest BCUT2D eigenvalue weighted by Crippen LogP contribution is 2.28. The Bertz CT molecular complexity index is 823. The number of methoxy groups -OCH3 is 1. The molecule has 6 heteroatoms. The summed E-state index contributed by atoms with van der Waals surface area (Å²) in [7, 11) is 1.50. The van der Waals surface area contributed by atoms with Crippen LogP contribution in [0.3, 0.4) is 0 Å². The van der Waals surface area contributed by atoms with Gasteiger partial charge in [0.25, 0.3) is 0 Å². The highest BCUT2D eigenvalue weighted by molar-refractivity contribution is 7.98. The number of ketones is 2. The first-order valence-corrected chi connectivity index (χ1v) is 11.5. The van der Waals surface area contributed by atoms with E-state index in [0.29, 0.717) is 33.8 Å². The number of carbonyl (C=O) groups is 2. The normalized spacial score (nSPS) is 11.9. The van der Waals surface area contributed by atoms with E-state index in [4.69, 9.17) is 4.74 Å². The Hall–Kier alpha value is -2.28. The summed E-state index contributed by atoms with van der Waals surface area (Å²) in [5.41, 5.74) is 2.72. The van der Waals surface area contributed by atoms with Gasteiger partial charge in [-0.2, -0.15) is 16.7 Å². The summed E-state index contributed by atoms with van der Waals surface area (Å²) in [6.07, 6.45) is -0.331. The molecule has 0 aromatic heterocycles. The zero-order valence-corrected chi connectivity index (χ0v) is 19.9. The maximum atomic E-state index is 12.7. The summed E-state index contributed by atoms with van der Waals surface area (Å²) in [6, 6.07) is 12.2. The lowest BCUT2D eigenvalue weighted by Gasteiger charge is -2.18. The largest absolute Gasteiger partial charge is 0.378 e. The third kappa shape index (κ3) is 7.73. The molecule has 170 valence electrons. The molecule has 1 aliphatic carbocycles. The van der Waals surface area contributed by atoms with Crippen molar-refractivity contribution in [3.63, 3.8) is 0 Å². The lowest BCUT2D eigenvalue weighted by molar-refractivity contribution is -0.158. The zero-order valence-electron chi connectivity index (χ0n) is 19.1. The van der Waals surface area contributed by atoms with Crippen LogP contribution in [-0.2, 0) is 15.4 Å². The van der Waals surface area contributed by atoms with Crippen LogP contribution in [0.1, 0.15) is 65.1 Å². The van der Waals surface area contributed by atoms with Crippen LogP contribution in [0.15, 0.2) is 55.6 Å². The first-order chi connectivity index (χ1) is 15.2. The minimum absolute atomic E-state index is 0.114. The van der Waals surface area contributed by atoms with Crippen LogP contribution in [0.25, 0.3) is 0 Å². The van der Waals surface area contributed by atoms with Crippen molar-refractivity contribution in [1.82, 2.24) is 0 Å². The Balaban J connectivity index is 0.00000138. The number of hydrogen-bond acceptors (Lipinski definition) is 5. The maximum absolute atomic E-state index is 12.7. The first kappa shape index (κ1) is 28.7. The lowest BCUT2D eigenvalue weighted by atomic mass is 9.83. The average Bonchev–Trinajstić information content (AvgIpc) is 2.85. The Morgan fingerprint density at radius 3 is 1.94 bits per heavy atom. The van der Waals surface area contributed by atoms with Crippen LogP contribution in [0.2, 0.25) is 0 Å². The zero-order chi connectivity index (χ0) is 23.8. The van der Waals surface area contributed by atoms with Gasteiger partial charge in [0.05, 0.1) is 6.10 Å². The summed E-state index contributed by atoms with van der Waals surface area (Å²) in [6.45, 7) is 13.9. The fourth-order valence-corrected chi connectivity index (χ4v) is 3.83. The monoisotopic (exact) mass is 448 g/mol. The Labute approximate surface area is 189 Å². The second kappa shape index (κ2) is 16.4. The van der Waals surface area contributed by atoms with E-state index in [2.05, 4.69) is 18.1 Å². The van der Waals surface area contributed by atoms with E-state index in [1.807, 2.05) is 33.8 Å². The van der Waals surface area contributed by atoms with Crippen molar-refractivity contribution in [2.24, 2.45) is 0 Å². The van der Waals surface area contributed by atoms with Gasteiger partial charge in [0, 0.05) is 40.9 Å². The van der Waals surface area contributed by atoms with Crippen molar-refractivity contribution < 1.29 is 23.8 Å². The minimum Gasteiger partial charge on any atom is -0.378 e. The SMILES string of the molecule is C=C.CC.CC.COC(COF)CSCc1ccc2c(c1)C(=O)c1ccccc1C2=O. The molecule has 1 aliphatic rings. The molecule has 0 amide bonds. The highest BCUT2D eigenvalue weighted by atomic mass is 32.2. The third-order valence-electron chi connectivity index (χ3n) is 4.14. The van der Waals surface area contributed by atoms with Crippen LogP contribution in [0, 0.1) is 0 Å². The smallest absolute Gasteiger partial charge is 0.194 e. The molecular formula is C25H33FO4S. The van der Waals surface area contributed by atoms with E-state index in [1.165, 1.54) is 7.11 Å². The van der Waals surface area contributed by atoms with Gasteiger partial charge in [-0.05, 0) is 22.2 Å². The number of halogens is 1. The summed E-state index contributed by atoms with van der Waals surface area (Å²) in [5.74, 6) is 0.942. The molecule has 2 aromatic carbocycles. The predicted molar refractivity (Wildman–Crippen MR) is 128 cm³/mol. The second-order valence-corrected chi connectivity index (χ2v) is 6.76. The number of carbonyl (C=O) groups excluding carboxylic acids is 2. The Morgan fingerprint density at radius 1 is 0.903 bits per heavy atom. The van der Waals surface area contributed by atoms with Crippen molar-refractivity contribution in [3.05, 3.63) is 83.4 Å². The summed E-state index contributed by atoms with van der Waals surface area (Å²) >= 11 is 1.55. The second-order valence-electron chi connectivity index (χ2n) is 5.73. The van der Waals surface area contributed by atoms with Gasteiger partial charge in [-0.3, -0.25) is 9.59 Å². The van der Waals surface area contributed by atoms with Crippen molar-refractivity contribution >= 4 is 23.3 Å². The van der Waals surface area contributed by atoms with Crippen molar-refractivity contribution in [2.45, 2.75) is 39.6 Å². The van der Waals surface area contributed by atoms with Gasteiger partial charge < -0.3 is 4.74 Å². The van der Waals surface area contributed by atoms with Gasteiger partial charge in [-0.15, -0.1) is 13.2 Å². The van der Waals surface area contributed by atoms with Crippen LogP contribution in [-0.4, -0.2) is 37.1 Å². The number of fused-ring (bicyclic) bond motifs is 2. The molecule has 4 nitrogen and oxygen atoms in total. The fraction of sp³-hybridized carbons (Fsp3) is 0.360. The molecular weight excluding hydrogens is 415 g/mol. The quantitative estimate of drug-likeness (QED) is 0.388. The molecule has 0 heterocycles. The molecule has 0 spiro atoms. The lowest BCUT2D eigenvalue weighted by Crippen LogP contribution is -2.21. The fourth-order valence-electron chi connectivity index (χ4n) is 2.80. The molecule has 0 fully saturated rings. The molecule has 1 unspecified atom stereocenters. The average molecular weight is 449 g/mol. The third-order valence-corrected chi connectivity index (χ3v) is 5.29. The van der Waals surface area contributed by atoms with Crippen LogP contribution >= 0.6 is 11.8 Å². The summed E-state index contributed by atoms with van der Waals surface area (Å²) in [5, 5.41) is 0. The molecule has 31 heavy (non-hydrogen) atoms. The van der Waals surface area contributed by atoms with E-state index < -0.39 is 0 Å². The van der Waals surface area contributed by atoms with Crippen LogP contribution < -0.4 is 0 Å². The van der Waals surface area contributed by atoms with E-state index in [9.17, 15) is 14.1 Å². The molecule has 0 radical (unpaired) electrons. The van der Waals surface area contributed by atoms with Crippen LogP contribution in [0.4, 0.5) is 4.53 Å². The number of thioether (sulfide) groups is 1. The molecule has 0 bridgehead atoms. The first-order valence-electron chi connectivity index (χ1n) is 10.3. The van der Waals surface area contributed by atoms with E-state index in [0.717, 1.165) is 5.56 Å². The Kier molecular flexibility index (Phi) is 15.2. The van der Waals surface area contributed by atoms with Gasteiger partial charge in [-0.25, -0.2) is 0 Å². The van der Waals surface area contributed by atoms with E-state index in [1.54, 1.807) is 48.2 Å². The molecule has 0 saturated carbocycles. The topological polar surface area (TPSA) is 52.6 Å². The van der Waals surface area contributed by atoms with Crippen molar-refractivity contribution in [2.75, 3.05) is 19.5 Å². The maximum Gasteiger partial charge on any atom is 0.194 e. The van der Waals surface area contributed by atoms with Crippen molar-refractivity contribution in [3.8, 4) is 0 Å². The van der Waals surface area contributed by atoms with Gasteiger partial charge >= 0.3 is 0 Å². The number of benzene rings is 2. The van der Waals surface area contributed by atoms with Gasteiger partial charge in [0.1, 0.15) is 6.61 Å². The number of ether oxygens (including phenoxy) is 1. The highest BCUT2D eigenvalue weighted by Gasteiger charge is 2.29. The van der Waals surface area contributed by atoms with E-state index in [-0.39, 0.29) is 24.3 Å². The standard InChI is InChI=1S/C19H17FO4S.2C2H6.C2H4/c1-23-13(9-24-20)11-25-10-12-6-7-16-17(8-12)19(22)15-5-3-2-4-14(15)18(16)21;3*1-2/h2-8,13H,9-11H2,1H3;2*1-2H3;1-2H2.